The van der Waals surface area contributed by atoms with E-state index in [1.165, 1.54) is 5.56 Å². The third kappa shape index (κ3) is 3.74. The number of anilines is 1. The van der Waals surface area contributed by atoms with Crippen LogP contribution in [0.25, 0.3) is 11.1 Å². The number of hydrogen-bond acceptors (Lipinski definition) is 1. The molecule has 120 valence electrons. The summed E-state index contributed by atoms with van der Waals surface area (Å²) in [6, 6.07) is 23.8. The van der Waals surface area contributed by atoms with E-state index in [9.17, 15) is 4.79 Å². The van der Waals surface area contributed by atoms with Crippen molar-refractivity contribution < 1.29 is 4.79 Å². The molecule has 1 N–H and O–H groups in total. The summed E-state index contributed by atoms with van der Waals surface area (Å²) in [5.41, 5.74) is 4.89. The summed E-state index contributed by atoms with van der Waals surface area (Å²) in [5, 5.41) is 2.95. The van der Waals surface area contributed by atoms with Crippen molar-refractivity contribution in [3.63, 3.8) is 0 Å². The summed E-state index contributed by atoms with van der Waals surface area (Å²) in [4.78, 5) is 12.4. The molecule has 0 aliphatic carbocycles. The Bertz CT molecular complexity index is 841. The molecule has 3 aromatic rings. The third-order valence-electron chi connectivity index (χ3n) is 3.94. The number of nitrogens with one attached hydrogen (secondary N) is 1. The zero-order chi connectivity index (χ0) is 16.9. The molecule has 24 heavy (non-hydrogen) atoms. The number of halogens is 1. The molecular weight excluding hydrogens is 362 g/mol. The number of amides is 1. The lowest BCUT2D eigenvalue weighted by molar-refractivity contribution is 0.102. The van der Waals surface area contributed by atoms with Gasteiger partial charge in [-0.25, -0.2) is 0 Å². The maximum absolute atomic E-state index is 12.4. The highest BCUT2D eigenvalue weighted by Gasteiger charge is 2.09. The van der Waals surface area contributed by atoms with Gasteiger partial charge in [0, 0.05) is 10.0 Å². The average Bonchev–Trinajstić information content (AvgIpc) is 2.64. The van der Waals surface area contributed by atoms with Crippen molar-refractivity contribution in [2.45, 2.75) is 13.3 Å². The van der Waals surface area contributed by atoms with Gasteiger partial charge in [0.05, 0.1) is 5.69 Å². The Kier molecular flexibility index (Phi) is 5.11. The van der Waals surface area contributed by atoms with Crippen molar-refractivity contribution in [1.29, 1.82) is 0 Å². The van der Waals surface area contributed by atoms with Gasteiger partial charge in [-0.05, 0) is 63.3 Å². The predicted molar refractivity (Wildman–Crippen MR) is 103 cm³/mol. The summed E-state index contributed by atoms with van der Waals surface area (Å²) >= 11 is 3.52. The number of benzene rings is 3. The molecule has 0 saturated heterocycles. The van der Waals surface area contributed by atoms with Crippen LogP contribution >= 0.6 is 15.9 Å². The Morgan fingerprint density at radius 1 is 0.917 bits per heavy atom. The molecule has 0 unspecified atom stereocenters. The number of carbonyl (C=O) groups is 1. The van der Waals surface area contributed by atoms with E-state index >= 15 is 0 Å². The van der Waals surface area contributed by atoms with Gasteiger partial charge in [-0.2, -0.15) is 0 Å². The quantitative estimate of drug-likeness (QED) is 0.597. The van der Waals surface area contributed by atoms with Gasteiger partial charge in [0.15, 0.2) is 0 Å². The molecular formula is C21H18BrNO. The number of aryl methyl sites for hydroxylation is 1. The molecule has 0 bridgehead atoms. The van der Waals surface area contributed by atoms with E-state index in [2.05, 4.69) is 40.3 Å². The summed E-state index contributed by atoms with van der Waals surface area (Å²) in [7, 11) is 0. The minimum atomic E-state index is -0.112. The van der Waals surface area contributed by atoms with E-state index in [4.69, 9.17) is 0 Å². The monoisotopic (exact) mass is 379 g/mol. The van der Waals surface area contributed by atoms with Gasteiger partial charge in [0.25, 0.3) is 5.91 Å². The van der Waals surface area contributed by atoms with E-state index in [1.54, 1.807) is 0 Å². The SMILES string of the molecule is CCc1ccc(NC(=O)c2ccc(-c3ccccc3)cc2)c(Br)c1. The Hall–Kier alpha value is -2.39. The van der Waals surface area contributed by atoms with Gasteiger partial charge in [-0.3, -0.25) is 4.79 Å². The molecule has 3 heteroatoms. The van der Waals surface area contributed by atoms with Crippen LogP contribution in [0.1, 0.15) is 22.8 Å². The second-order valence-corrected chi connectivity index (χ2v) is 6.42. The van der Waals surface area contributed by atoms with Crippen LogP contribution in [0.15, 0.2) is 77.3 Å². The van der Waals surface area contributed by atoms with Crippen LogP contribution in [0.2, 0.25) is 0 Å². The molecule has 3 rings (SSSR count). The first-order valence-corrected chi connectivity index (χ1v) is 8.72. The lowest BCUT2D eigenvalue weighted by Gasteiger charge is -2.09. The maximum atomic E-state index is 12.4. The molecule has 0 aromatic heterocycles. The van der Waals surface area contributed by atoms with Crippen molar-refractivity contribution in [2.75, 3.05) is 5.32 Å². The Morgan fingerprint density at radius 2 is 1.58 bits per heavy atom. The van der Waals surface area contributed by atoms with E-state index in [0.717, 1.165) is 27.7 Å². The van der Waals surface area contributed by atoms with Crippen LogP contribution in [0.3, 0.4) is 0 Å². The third-order valence-corrected chi connectivity index (χ3v) is 4.60. The normalized spacial score (nSPS) is 10.4. The Labute approximate surface area is 150 Å². The molecule has 1 amide bonds. The van der Waals surface area contributed by atoms with Crippen LogP contribution < -0.4 is 5.32 Å². The fraction of sp³-hybridized carbons (Fsp3) is 0.0952. The topological polar surface area (TPSA) is 29.1 Å². The van der Waals surface area contributed by atoms with Gasteiger partial charge >= 0.3 is 0 Å². The molecule has 3 aromatic carbocycles. The van der Waals surface area contributed by atoms with Crippen molar-refractivity contribution in [2.24, 2.45) is 0 Å². The zero-order valence-electron chi connectivity index (χ0n) is 13.4. The van der Waals surface area contributed by atoms with Crippen LogP contribution in [0, 0.1) is 0 Å². The number of hydrogen-bond donors (Lipinski definition) is 1. The first kappa shape index (κ1) is 16.5. The highest BCUT2D eigenvalue weighted by molar-refractivity contribution is 9.10. The van der Waals surface area contributed by atoms with Crippen molar-refractivity contribution >= 4 is 27.5 Å². The molecule has 0 aliphatic heterocycles. The largest absolute Gasteiger partial charge is 0.321 e. The van der Waals surface area contributed by atoms with Crippen LogP contribution in [-0.4, -0.2) is 5.91 Å². The molecule has 0 heterocycles. The zero-order valence-corrected chi connectivity index (χ0v) is 15.0. The summed E-state index contributed by atoms with van der Waals surface area (Å²) in [5.74, 6) is -0.112. The van der Waals surface area contributed by atoms with Crippen molar-refractivity contribution in [3.8, 4) is 11.1 Å². The fourth-order valence-electron chi connectivity index (χ4n) is 2.52. The fourth-order valence-corrected chi connectivity index (χ4v) is 3.04. The van der Waals surface area contributed by atoms with E-state index in [1.807, 2.05) is 60.7 Å². The summed E-state index contributed by atoms with van der Waals surface area (Å²) < 4.78 is 0.899. The lowest BCUT2D eigenvalue weighted by Crippen LogP contribution is -2.12. The number of carbonyl (C=O) groups excluding carboxylic acids is 1. The van der Waals surface area contributed by atoms with E-state index < -0.39 is 0 Å². The molecule has 0 fully saturated rings. The second-order valence-electron chi connectivity index (χ2n) is 5.57. The van der Waals surface area contributed by atoms with E-state index in [0.29, 0.717) is 5.56 Å². The average molecular weight is 380 g/mol. The smallest absolute Gasteiger partial charge is 0.255 e. The Balaban J connectivity index is 1.76. The lowest BCUT2D eigenvalue weighted by atomic mass is 10.0. The Morgan fingerprint density at radius 3 is 2.21 bits per heavy atom. The molecule has 0 spiro atoms. The standard InChI is InChI=1S/C21H18BrNO/c1-2-15-8-13-20(19(22)14-15)23-21(24)18-11-9-17(10-12-18)16-6-4-3-5-7-16/h3-14H,2H2,1H3,(H,23,24). The van der Waals surface area contributed by atoms with Gasteiger partial charge in [0.2, 0.25) is 0 Å². The van der Waals surface area contributed by atoms with Crippen molar-refractivity contribution in [1.82, 2.24) is 0 Å². The molecule has 0 saturated carbocycles. The maximum Gasteiger partial charge on any atom is 0.255 e. The highest BCUT2D eigenvalue weighted by Crippen LogP contribution is 2.25. The second kappa shape index (κ2) is 7.45. The molecule has 0 atom stereocenters. The van der Waals surface area contributed by atoms with Gasteiger partial charge in [0.1, 0.15) is 0 Å². The number of rotatable bonds is 4. The van der Waals surface area contributed by atoms with Gasteiger partial charge in [-0.1, -0.05) is 55.5 Å². The molecule has 0 radical (unpaired) electrons. The van der Waals surface area contributed by atoms with Crippen LogP contribution in [0.4, 0.5) is 5.69 Å². The van der Waals surface area contributed by atoms with Gasteiger partial charge in [-0.15, -0.1) is 0 Å². The summed E-state index contributed by atoms with van der Waals surface area (Å²) in [6.07, 6.45) is 0.966. The van der Waals surface area contributed by atoms with Crippen LogP contribution in [0.5, 0.6) is 0 Å². The predicted octanol–water partition coefficient (Wildman–Crippen LogP) is 5.93. The first-order chi connectivity index (χ1) is 11.7. The van der Waals surface area contributed by atoms with E-state index in [-0.39, 0.29) is 5.91 Å². The molecule has 0 aliphatic rings. The summed E-state index contributed by atoms with van der Waals surface area (Å²) in [6.45, 7) is 2.11. The minimum Gasteiger partial charge on any atom is -0.321 e. The highest BCUT2D eigenvalue weighted by atomic mass is 79.9. The minimum absolute atomic E-state index is 0.112. The van der Waals surface area contributed by atoms with Crippen molar-refractivity contribution in [3.05, 3.63) is 88.4 Å². The molecule has 2 nitrogen and oxygen atoms in total. The van der Waals surface area contributed by atoms with Crippen LogP contribution in [-0.2, 0) is 6.42 Å². The first-order valence-electron chi connectivity index (χ1n) is 7.92. The van der Waals surface area contributed by atoms with Gasteiger partial charge < -0.3 is 5.32 Å².